The van der Waals surface area contributed by atoms with Crippen molar-refractivity contribution in [2.24, 2.45) is 4.99 Å². The lowest BCUT2D eigenvalue weighted by atomic mass is 10.2. The summed E-state index contributed by atoms with van der Waals surface area (Å²) in [4.78, 5) is 4.33. The Morgan fingerprint density at radius 1 is 1.43 bits per heavy atom. The molecule has 2 N–H and O–H groups in total. The van der Waals surface area contributed by atoms with E-state index in [1.807, 2.05) is 25.7 Å². The second-order valence-corrected chi connectivity index (χ2v) is 7.15. The number of nitrogens with one attached hydrogen (secondary N) is 2. The van der Waals surface area contributed by atoms with Crippen LogP contribution in [-0.4, -0.2) is 46.9 Å². The van der Waals surface area contributed by atoms with Crippen molar-refractivity contribution in [1.29, 1.82) is 0 Å². The highest BCUT2D eigenvalue weighted by atomic mass is 127. The average molecular weight is 451 g/mol. The van der Waals surface area contributed by atoms with Gasteiger partial charge in [0.05, 0.1) is 5.69 Å². The molecule has 7 heteroatoms. The van der Waals surface area contributed by atoms with E-state index >= 15 is 0 Å². The molecule has 0 aromatic carbocycles. The summed E-state index contributed by atoms with van der Waals surface area (Å²) in [5.74, 6) is 0.931. The van der Waals surface area contributed by atoms with Crippen LogP contribution in [0.1, 0.15) is 37.1 Å². The third-order valence-corrected chi connectivity index (χ3v) is 5.32. The van der Waals surface area contributed by atoms with E-state index in [0.717, 1.165) is 36.4 Å². The summed E-state index contributed by atoms with van der Waals surface area (Å²) in [6.45, 7) is 6.01. The van der Waals surface area contributed by atoms with E-state index in [-0.39, 0.29) is 24.0 Å². The minimum atomic E-state index is 0. The zero-order valence-corrected chi connectivity index (χ0v) is 17.8. The number of aliphatic imine (C=N–C) groups is 1. The highest BCUT2D eigenvalue weighted by molar-refractivity contribution is 14.0. The van der Waals surface area contributed by atoms with Crippen LogP contribution in [0.15, 0.2) is 11.1 Å². The zero-order chi connectivity index (χ0) is 15.9. The van der Waals surface area contributed by atoms with Crippen molar-refractivity contribution < 1.29 is 0 Å². The molecule has 2 unspecified atom stereocenters. The predicted molar refractivity (Wildman–Crippen MR) is 111 cm³/mol. The molecule has 132 valence electrons. The molecule has 2 rings (SSSR count). The van der Waals surface area contributed by atoms with E-state index in [2.05, 4.69) is 44.7 Å². The lowest BCUT2D eigenvalue weighted by molar-refractivity contribution is 0.550. The number of aryl methyl sites for hydroxylation is 3. The number of halogens is 1. The lowest BCUT2D eigenvalue weighted by Crippen LogP contribution is -2.43. The van der Waals surface area contributed by atoms with Crippen molar-refractivity contribution in [3.8, 4) is 0 Å². The topological polar surface area (TPSA) is 54.2 Å². The van der Waals surface area contributed by atoms with E-state index in [1.54, 1.807) is 0 Å². The summed E-state index contributed by atoms with van der Waals surface area (Å²) in [7, 11) is 1.84. The second kappa shape index (κ2) is 10.4. The van der Waals surface area contributed by atoms with Gasteiger partial charge in [0.25, 0.3) is 0 Å². The molecule has 0 amide bonds. The number of nitrogens with zero attached hydrogens (tertiary/aromatic N) is 3. The minimum Gasteiger partial charge on any atom is -0.356 e. The van der Waals surface area contributed by atoms with Crippen molar-refractivity contribution in [3.63, 3.8) is 0 Å². The van der Waals surface area contributed by atoms with Gasteiger partial charge < -0.3 is 10.6 Å². The first-order valence-electron chi connectivity index (χ1n) is 8.13. The van der Waals surface area contributed by atoms with Gasteiger partial charge in [-0.05, 0) is 51.9 Å². The quantitative estimate of drug-likeness (QED) is 0.302. The summed E-state index contributed by atoms with van der Waals surface area (Å²) in [5, 5.41) is 12.3. The maximum atomic E-state index is 4.49. The lowest BCUT2D eigenvalue weighted by Gasteiger charge is -2.17. The molecular formula is C16H30IN5S. The molecule has 2 atom stereocenters. The van der Waals surface area contributed by atoms with E-state index in [4.69, 9.17) is 0 Å². The molecule has 1 heterocycles. The maximum absolute atomic E-state index is 4.49. The normalized spacial score (nSPS) is 21.1. The number of hydrogen-bond donors (Lipinski definition) is 2. The fourth-order valence-electron chi connectivity index (χ4n) is 3.01. The van der Waals surface area contributed by atoms with Gasteiger partial charge in [0, 0.05) is 37.1 Å². The van der Waals surface area contributed by atoms with E-state index < -0.39 is 0 Å². The Morgan fingerprint density at radius 2 is 2.22 bits per heavy atom. The molecule has 1 saturated carbocycles. The van der Waals surface area contributed by atoms with Gasteiger partial charge in [-0.2, -0.15) is 16.9 Å². The first kappa shape index (κ1) is 20.6. The summed E-state index contributed by atoms with van der Waals surface area (Å²) < 4.78 is 2.08. The average Bonchev–Trinajstić information content (AvgIpc) is 3.08. The van der Waals surface area contributed by atoms with Crippen LogP contribution in [0.2, 0.25) is 0 Å². The van der Waals surface area contributed by atoms with Crippen molar-refractivity contribution in [3.05, 3.63) is 17.5 Å². The first-order valence-corrected chi connectivity index (χ1v) is 9.42. The van der Waals surface area contributed by atoms with Gasteiger partial charge in [0.1, 0.15) is 0 Å². The number of guanidine groups is 1. The van der Waals surface area contributed by atoms with Gasteiger partial charge in [-0.15, -0.1) is 24.0 Å². The second-order valence-electron chi connectivity index (χ2n) is 6.01. The maximum Gasteiger partial charge on any atom is 0.191 e. The van der Waals surface area contributed by atoms with Crippen LogP contribution in [0.4, 0.5) is 0 Å². The molecule has 23 heavy (non-hydrogen) atoms. The predicted octanol–water partition coefficient (Wildman–Crippen LogP) is 2.96. The Balaban J connectivity index is 0.00000264. The Hall–Kier alpha value is -0.440. The Bertz CT molecular complexity index is 503. The molecule has 0 saturated heterocycles. The molecule has 1 fully saturated rings. The fraction of sp³-hybridized carbons (Fsp3) is 0.750. The highest BCUT2D eigenvalue weighted by Gasteiger charge is 2.24. The van der Waals surface area contributed by atoms with Crippen LogP contribution in [0.3, 0.4) is 0 Å². The number of aromatic nitrogens is 2. The number of thioether (sulfide) groups is 1. The molecule has 0 aliphatic heterocycles. The largest absolute Gasteiger partial charge is 0.356 e. The van der Waals surface area contributed by atoms with Crippen LogP contribution >= 0.6 is 35.7 Å². The summed E-state index contributed by atoms with van der Waals surface area (Å²) >= 11 is 1.98. The van der Waals surface area contributed by atoms with Crippen LogP contribution in [-0.2, 0) is 6.54 Å². The highest BCUT2D eigenvalue weighted by Crippen LogP contribution is 2.27. The molecule has 0 bridgehead atoms. The van der Waals surface area contributed by atoms with Gasteiger partial charge in [0.15, 0.2) is 5.96 Å². The molecule has 0 spiro atoms. The van der Waals surface area contributed by atoms with Crippen molar-refractivity contribution in [2.75, 3.05) is 19.8 Å². The van der Waals surface area contributed by atoms with Gasteiger partial charge in [-0.25, -0.2) is 0 Å². The SMILES string of the molecule is CN=C(NCCCn1nc(C)cc1C)NC1CCC(SC)C1.I. The molecule has 5 nitrogen and oxygen atoms in total. The van der Waals surface area contributed by atoms with Gasteiger partial charge in [-0.1, -0.05) is 0 Å². The van der Waals surface area contributed by atoms with Crippen LogP contribution in [0.25, 0.3) is 0 Å². The van der Waals surface area contributed by atoms with Crippen molar-refractivity contribution in [1.82, 2.24) is 20.4 Å². The summed E-state index contributed by atoms with van der Waals surface area (Å²) in [5.41, 5.74) is 2.32. The third-order valence-electron chi connectivity index (χ3n) is 4.22. The molecular weight excluding hydrogens is 421 g/mol. The van der Waals surface area contributed by atoms with Crippen LogP contribution in [0, 0.1) is 13.8 Å². The van der Waals surface area contributed by atoms with Crippen molar-refractivity contribution >= 4 is 41.7 Å². The fourth-order valence-corrected chi connectivity index (χ4v) is 3.81. The van der Waals surface area contributed by atoms with Crippen LogP contribution < -0.4 is 10.6 Å². The van der Waals surface area contributed by atoms with Gasteiger partial charge in [-0.3, -0.25) is 9.67 Å². The number of hydrogen-bond acceptors (Lipinski definition) is 3. The molecule has 0 radical (unpaired) electrons. The Morgan fingerprint density at radius 3 is 2.78 bits per heavy atom. The smallest absolute Gasteiger partial charge is 0.191 e. The van der Waals surface area contributed by atoms with Gasteiger partial charge >= 0.3 is 0 Å². The Kier molecular flexibility index (Phi) is 9.34. The third kappa shape index (κ3) is 6.52. The summed E-state index contributed by atoms with van der Waals surface area (Å²) in [6.07, 6.45) is 7.05. The molecule has 1 aliphatic rings. The monoisotopic (exact) mass is 451 g/mol. The number of rotatable bonds is 6. The zero-order valence-electron chi connectivity index (χ0n) is 14.6. The Labute approximate surface area is 161 Å². The molecule has 1 aliphatic carbocycles. The minimum absolute atomic E-state index is 0. The van der Waals surface area contributed by atoms with E-state index in [9.17, 15) is 0 Å². The molecule has 1 aromatic rings. The summed E-state index contributed by atoms with van der Waals surface area (Å²) in [6, 6.07) is 2.69. The van der Waals surface area contributed by atoms with Crippen molar-refractivity contribution in [2.45, 2.75) is 57.4 Å². The first-order chi connectivity index (χ1) is 10.6. The van der Waals surface area contributed by atoms with Crippen LogP contribution in [0.5, 0.6) is 0 Å². The van der Waals surface area contributed by atoms with E-state index in [1.165, 1.54) is 25.0 Å². The standard InChI is InChI=1S/C16H29N5S.HI/c1-12-10-13(2)21(20-12)9-5-8-18-16(17-3)19-14-6-7-15(11-14)22-4;/h10,14-15H,5-9,11H2,1-4H3,(H2,17,18,19);1H. The van der Waals surface area contributed by atoms with Gasteiger partial charge in [0.2, 0.25) is 0 Å². The van der Waals surface area contributed by atoms with E-state index in [0.29, 0.717) is 6.04 Å². The molecule has 1 aromatic heterocycles.